The van der Waals surface area contributed by atoms with E-state index in [1.165, 1.54) is 5.56 Å². The maximum absolute atomic E-state index is 12.2. The lowest BCUT2D eigenvalue weighted by molar-refractivity contribution is -0.135. The van der Waals surface area contributed by atoms with E-state index in [0.29, 0.717) is 0 Å². The molecule has 0 radical (unpaired) electrons. The van der Waals surface area contributed by atoms with E-state index in [4.69, 9.17) is 0 Å². The number of carbonyl (C=O) groups excluding carboxylic acids is 1. The molecule has 1 unspecified atom stereocenters. The van der Waals surface area contributed by atoms with E-state index in [1.807, 2.05) is 24.0 Å². The van der Waals surface area contributed by atoms with E-state index in [0.717, 1.165) is 32.6 Å². The first kappa shape index (κ1) is 12.0. The summed E-state index contributed by atoms with van der Waals surface area (Å²) < 4.78 is 0. The van der Waals surface area contributed by atoms with Crippen LogP contribution in [0.5, 0.6) is 0 Å². The van der Waals surface area contributed by atoms with Gasteiger partial charge in [-0.1, -0.05) is 6.92 Å². The normalized spacial score (nSPS) is 17.8. The number of rotatable bonds is 3. The lowest BCUT2D eigenvalue weighted by Crippen LogP contribution is -2.48. The fourth-order valence-corrected chi connectivity index (χ4v) is 2.16. The van der Waals surface area contributed by atoms with Gasteiger partial charge < -0.3 is 10.2 Å². The third-order valence-electron chi connectivity index (χ3n) is 3.14. The smallest absolute Gasteiger partial charge is 0.225 e. The van der Waals surface area contributed by atoms with Crippen molar-refractivity contribution < 1.29 is 4.79 Å². The second-order valence-electron chi connectivity index (χ2n) is 4.54. The van der Waals surface area contributed by atoms with Crippen LogP contribution < -0.4 is 5.32 Å². The summed E-state index contributed by atoms with van der Waals surface area (Å²) in [5.41, 5.74) is 1.18. The summed E-state index contributed by atoms with van der Waals surface area (Å²) in [6, 6.07) is 3.95. The number of pyridine rings is 1. The average molecular weight is 233 g/mol. The minimum absolute atomic E-state index is 0.0514. The highest BCUT2D eigenvalue weighted by Gasteiger charge is 2.21. The second-order valence-corrected chi connectivity index (χ2v) is 4.54. The summed E-state index contributed by atoms with van der Waals surface area (Å²) in [6.07, 6.45) is 4.35. The second kappa shape index (κ2) is 5.77. The molecule has 1 fully saturated rings. The predicted molar refractivity (Wildman–Crippen MR) is 66.6 cm³/mol. The third-order valence-corrected chi connectivity index (χ3v) is 3.14. The zero-order valence-corrected chi connectivity index (χ0v) is 10.2. The number of piperazine rings is 1. The molecule has 0 saturated carbocycles. The van der Waals surface area contributed by atoms with Crippen LogP contribution in [0.15, 0.2) is 24.5 Å². The molecule has 0 aliphatic carbocycles. The molecule has 4 nitrogen and oxygen atoms in total. The molecule has 1 aliphatic heterocycles. The maximum Gasteiger partial charge on any atom is 0.225 e. The highest BCUT2D eigenvalue weighted by Crippen LogP contribution is 2.11. The quantitative estimate of drug-likeness (QED) is 0.835. The van der Waals surface area contributed by atoms with Crippen molar-refractivity contribution in [1.82, 2.24) is 15.2 Å². The van der Waals surface area contributed by atoms with Gasteiger partial charge in [0.1, 0.15) is 0 Å². The van der Waals surface area contributed by atoms with Crippen LogP contribution in [0.4, 0.5) is 0 Å². The summed E-state index contributed by atoms with van der Waals surface area (Å²) in [5.74, 6) is 0.318. The van der Waals surface area contributed by atoms with Crippen LogP contribution in [-0.2, 0) is 11.2 Å². The number of nitrogens with one attached hydrogen (secondary N) is 1. The zero-order valence-electron chi connectivity index (χ0n) is 10.2. The standard InChI is InChI=1S/C13H19N3O/c1-11(10-12-2-4-14-5-3-12)13(17)16-8-6-15-7-9-16/h2-5,11,15H,6-10H2,1H3. The number of aromatic nitrogens is 1. The highest BCUT2D eigenvalue weighted by molar-refractivity contribution is 5.78. The van der Waals surface area contributed by atoms with Crippen molar-refractivity contribution in [2.75, 3.05) is 26.2 Å². The molecule has 1 amide bonds. The molecule has 0 bridgehead atoms. The van der Waals surface area contributed by atoms with Gasteiger partial charge in [0.05, 0.1) is 0 Å². The Kier molecular flexibility index (Phi) is 4.09. The molecule has 0 aromatic carbocycles. The van der Waals surface area contributed by atoms with Crippen LogP contribution in [0, 0.1) is 5.92 Å². The Bertz CT molecular complexity index is 360. The monoisotopic (exact) mass is 233 g/mol. The molecule has 1 atom stereocenters. The van der Waals surface area contributed by atoms with Crippen LogP contribution in [0.3, 0.4) is 0 Å². The Balaban J connectivity index is 1.90. The van der Waals surface area contributed by atoms with Crippen LogP contribution >= 0.6 is 0 Å². The minimum Gasteiger partial charge on any atom is -0.340 e. The Labute approximate surface area is 102 Å². The molecular weight excluding hydrogens is 214 g/mol. The first-order chi connectivity index (χ1) is 8.27. The molecule has 0 spiro atoms. The van der Waals surface area contributed by atoms with Crippen molar-refractivity contribution in [2.24, 2.45) is 5.92 Å². The lowest BCUT2D eigenvalue weighted by atomic mass is 10.0. The third kappa shape index (κ3) is 3.27. The van der Waals surface area contributed by atoms with E-state index >= 15 is 0 Å². The summed E-state index contributed by atoms with van der Waals surface area (Å²) in [7, 11) is 0. The van der Waals surface area contributed by atoms with E-state index in [9.17, 15) is 4.79 Å². The fraction of sp³-hybridized carbons (Fsp3) is 0.538. The van der Waals surface area contributed by atoms with Gasteiger partial charge in [0.2, 0.25) is 5.91 Å². The van der Waals surface area contributed by atoms with Crippen LogP contribution in [0.2, 0.25) is 0 Å². The topological polar surface area (TPSA) is 45.2 Å². The van der Waals surface area contributed by atoms with Gasteiger partial charge in [-0.2, -0.15) is 0 Å². The van der Waals surface area contributed by atoms with Crippen molar-refractivity contribution in [3.05, 3.63) is 30.1 Å². The molecule has 1 aromatic heterocycles. The summed E-state index contributed by atoms with van der Waals surface area (Å²) in [4.78, 5) is 18.1. The number of carbonyl (C=O) groups is 1. The number of nitrogens with zero attached hydrogens (tertiary/aromatic N) is 2. The Morgan fingerprint density at radius 3 is 2.71 bits per heavy atom. The molecular formula is C13H19N3O. The lowest BCUT2D eigenvalue weighted by Gasteiger charge is -2.29. The predicted octanol–water partition coefficient (Wildman–Crippen LogP) is 0.692. The Hall–Kier alpha value is -1.42. The zero-order chi connectivity index (χ0) is 12.1. The van der Waals surface area contributed by atoms with Gasteiger partial charge >= 0.3 is 0 Å². The summed E-state index contributed by atoms with van der Waals surface area (Å²) in [5, 5.41) is 3.26. The van der Waals surface area contributed by atoms with Gasteiger partial charge in [-0.05, 0) is 24.1 Å². The number of hydrogen-bond acceptors (Lipinski definition) is 3. The summed E-state index contributed by atoms with van der Waals surface area (Å²) >= 11 is 0. The van der Waals surface area contributed by atoms with Crippen molar-refractivity contribution in [1.29, 1.82) is 0 Å². The Morgan fingerprint density at radius 2 is 2.06 bits per heavy atom. The Morgan fingerprint density at radius 1 is 1.41 bits per heavy atom. The average Bonchev–Trinajstić information content (AvgIpc) is 2.40. The first-order valence-electron chi connectivity index (χ1n) is 6.16. The van der Waals surface area contributed by atoms with Gasteiger partial charge in [0.25, 0.3) is 0 Å². The molecule has 1 aromatic rings. The molecule has 4 heteroatoms. The number of amides is 1. The molecule has 1 N–H and O–H groups in total. The van der Waals surface area contributed by atoms with Gasteiger partial charge in [-0.3, -0.25) is 9.78 Å². The van der Waals surface area contributed by atoms with E-state index in [-0.39, 0.29) is 11.8 Å². The van der Waals surface area contributed by atoms with Gasteiger partial charge in [0.15, 0.2) is 0 Å². The summed E-state index contributed by atoms with van der Waals surface area (Å²) in [6.45, 7) is 5.49. The van der Waals surface area contributed by atoms with Crippen molar-refractivity contribution in [3.63, 3.8) is 0 Å². The largest absolute Gasteiger partial charge is 0.340 e. The molecule has 2 heterocycles. The SMILES string of the molecule is CC(Cc1ccncc1)C(=O)N1CCNCC1. The van der Waals surface area contributed by atoms with Gasteiger partial charge in [-0.15, -0.1) is 0 Å². The van der Waals surface area contributed by atoms with Gasteiger partial charge in [-0.25, -0.2) is 0 Å². The first-order valence-corrected chi connectivity index (χ1v) is 6.16. The van der Waals surface area contributed by atoms with Crippen LogP contribution in [-0.4, -0.2) is 42.0 Å². The fourth-order valence-electron chi connectivity index (χ4n) is 2.16. The minimum atomic E-state index is 0.0514. The van der Waals surface area contributed by atoms with E-state index in [2.05, 4.69) is 10.3 Å². The number of hydrogen-bond donors (Lipinski definition) is 1. The molecule has 92 valence electrons. The van der Waals surface area contributed by atoms with Crippen molar-refractivity contribution in [3.8, 4) is 0 Å². The van der Waals surface area contributed by atoms with Crippen molar-refractivity contribution in [2.45, 2.75) is 13.3 Å². The molecule has 17 heavy (non-hydrogen) atoms. The van der Waals surface area contributed by atoms with Gasteiger partial charge in [0, 0.05) is 44.5 Å². The van der Waals surface area contributed by atoms with Crippen LogP contribution in [0.1, 0.15) is 12.5 Å². The van der Waals surface area contributed by atoms with Crippen LogP contribution in [0.25, 0.3) is 0 Å². The van der Waals surface area contributed by atoms with E-state index in [1.54, 1.807) is 12.4 Å². The molecule has 2 rings (SSSR count). The van der Waals surface area contributed by atoms with Crippen molar-refractivity contribution >= 4 is 5.91 Å². The molecule has 1 aliphatic rings. The van der Waals surface area contributed by atoms with E-state index < -0.39 is 0 Å². The molecule has 1 saturated heterocycles. The maximum atomic E-state index is 12.2. The highest BCUT2D eigenvalue weighted by atomic mass is 16.2.